The zero-order valence-electron chi connectivity index (χ0n) is 19.6. The number of hydrogen-bond donors (Lipinski definition) is 0. The number of thioether (sulfide) groups is 1. The van der Waals surface area contributed by atoms with E-state index in [0.717, 1.165) is 17.3 Å². The Morgan fingerprint density at radius 1 is 1.23 bits per heavy atom. The maximum absolute atomic E-state index is 13.7. The van der Waals surface area contributed by atoms with Crippen LogP contribution in [0.5, 0.6) is 0 Å². The fraction of sp³-hybridized carbons (Fsp3) is 0.478. The number of carbonyl (C=O) groups is 1. The van der Waals surface area contributed by atoms with Crippen molar-refractivity contribution in [2.75, 3.05) is 29.5 Å². The Labute approximate surface area is 213 Å². The summed E-state index contributed by atoms with van der Waals surface area (Å²) in [7, 11) is -3.19. The van der Waals surface area contributed by atoms with Gasteiger partial charge in [0.2, 0.25) is 0 Å². The van der Waals surface area contributed by atoms with Crippen molar-refractivity contribution in [2.24, 2.45) is 0 Å². The average molecular weight is 535 g/mol. The first kappa shape index (κ1) is 24.4. The quantitative estimate of drug-likeness (QED) is 0.432. The van der Waals surface area contributed by atoms with Crippen LogP contribution >= 0.6 is 24.0 Å². The van der Waals surface area contributed by atoms with Gasteiger partial charge in [0.1, 0.15) is 15.8 Å². The number of sulfone groups is 1. The molecular weight excluding hydrogens is 508 g/mol. The van der Waals surface area contributed by atoms with Gasteiger partial charge >= 0.3 is 0 Å². The van der Waals surface area contributed by atoms with E-state index in [4.69, 9.17) is 21.9 Å². The summed E-state index contributed by atoms with van der Waals surface area (Å²) in [5.41, 5.74) is 1.43. The molecule has 0 N–H and O–H groups in total. The topological polar surface area (TPSA) is 101 Å². The predicted octanol–water partition coefficient (Wildman–Crippen LogP) is 2.00. The number of rotatable bonds is 3. The summed E-state index contributed by atoms with van der Waals surface area (Å²) in [4.78, 5) is 35.6. The van der Waals surface area contributed by atoms with Crippen LogP contribution in [-0.2, 0) is 19.4 Å². The molecule has 0 spiro atoms. The van der Waals surface area contributed by atoms with E-state index in [0.29, 0.717) is 45.8 Å². The highest BCUT2D eigenvalue weighted by Gasteiger charge is 2.42. The van der Waals surface area contributed by atoms with Crippen molar-refractivity contribution in [2.45, 2.75) is 45.4 Å². The van der Waals surface area contributed by atoms with Crippen molar-refractivity contribution in [1.29, 1.82) is 0 Å². The zero-order valence-corrected chi connectivity index (χ0v) is 22.1. The van der Waals surface area contributed by atoms with Gasteiger partial charge in [0, 0.05) is 19.3 Å². The van der Waals surface area contributed by atoms with Crippen LogP contribution in [-0.4, -0.2) is 75.8 Å². The number of anilines is 1. The molecule has 35 heavy (non-hydrogen) atoms. The number of ether oxygens (including phenoxy) is 1. The number of aromatic nitrogens is 2. The summed E-state index contributed by atoms with van der Waals surface area (Å²) in [5, 5.41) is 0. The van der Waals surface area contributed by atoms with E-state index in [-0.39, 0.29) is 35.2 Å². The van der Waals surface area contributed by atoms with E-state index in [1.54, 1.807) is 18.3 Å². The molecule has 5 heterocycles. The SMILES string of the molecule is Cc1cccn2c(=O)c(/C=C3/SC(=S)N(C4CCS(=O)(=O)C4)C3=O)c(N3CC(C)OC(C)C3)nc12. The van der Waals surface area contributed by atoms with Crippen molar-refractivity contribution in [3.63, 3.8) is 0 Å². The molecule has 3 unspecified atom stereocenters. The van der Waals surface area contributed by atoms with E-state index in [1.807, 2.05) is 31.7 Å². The molecule has 0 aromatic carbocycles. The minimum Gasteiger partial charge on any atom is -0.372 e. The minimum atomic E-state index is -3.19. The molecule has 0 bridgehead atoms. The number of aryl methyl sites for hydroxylation is 1. The Morgan fingerprint density at radius 2 is 1.94 bits per heavy atom. The molecule has 12 heteroatoms. The van der Waals surface area contributed by atoms with Gasteiger partial charge in [-0.05, 0) is 44.9 Å². The van der Waals surface area contributed by atoms with Crippen molar-refractivity contribution >= 4 is 61.6 Å². The Kier molecular flexibility index (Phi) is 6.27. The molecule has 2 aromatic heterocycles. The van der Waals surface area contributed by atoms with Gasteiger partial charge < -0.3 is 9.64 Å². The smallest absolute Gasteiger partial charge is 0.267 e. The number of morpholine rings is 1. The first-order valence-corrected chi connectivity index (χ1v) is 14.5. The molecule has 1 amide bonds. The minimum absolute atomic E-state index is 0.0423. The lowest BCUT2D eigenvalue weighted by atomic mass is 10.1. The van der Waals surface area contributed by atoms with E-state index < -0.39 is 15.9 Å². The van der Waals surface area contributed by atoms with Gasteiger partial charge in [-0.3, -0.25) is 18.9 Å². The van der Waals surface area contributed by atoms with E-state index in [1.165, 1.54) is 9.30 Å². The number of hydrogen-bond acceptors (Lipinski definition) is 9. The molecule has 186 valence electrons. The van der Waals surface area contributed by atoms with Crippen LogP contribution in [0.25, 0.3) is 11.7 Å². The first-order chi connectivity index (χ1) is 16.5. The number of carbonyl (C=O) groups excluding carboxylic acids is 1. The highest BCUT2D eigenvalue weighted by molar-refractivity contribution is 8.26. The third kappa shape index (κ3) is 4.52. The Balaban J connectivity index is 1.62. The third-order valence-corrected chi connectivity index (χ3v) is 9.54. The molecule has 3 atom stereocenters. The van der Waals surface area contributed by atoms with Crippen molar-refractivity contribution in [3.05, 3.63) is 44.7 Å². The number of amides is 1. The highest BCUT2D eigenvalue weighted by atomic mass is 32.2. The lowest BCUT2D eigenvalue weighted by Crippen LogP contribution is -2.46. The number of fused-ring (bicyclic) bond motifs is 1. The van der Waals surface area contributed by atoms with Crippen LogP contribution in [0, 0.1) is 6.92 Å². The molecule has 9 nitrogen and oxygen atoms in total. The molecule has 3 aliphatic heterocycles. The molecule has 5 rings (SSSR count). The second-order valence-corrected chi connectivity index (χ2v) is 13.2. The monoisotopic (exact) mass is 534 g/mol. The first-order valence-electron chi connectivity index (χ1n) is 11.4. The standard InChI is InChI=1S/C23H26N4O5S3/c1-13-5-4-7-26-19(13)24-20(25-10-14(2)32-15(3)11-25)17(21(26)28)9-18-22(29)27(23(33)34-18)16-6-8-35(30,31)12-16/h4-5,7,9,14-16H,6,8,10-12H2,1-3H3/b18-9+. The molecule has 0 aliphatic carbocycles. The highest BCUT2D eigenvalue weighted by Crippen LogP contribution is 2.37. The van der Waals surface area contributed by atoms with Crippen LogP contribution < -0.4 is 10.5 Å². The van der Waals surface area contributed by atoms with Gasteiger partial charge in [0.15, 0.2) is 9.84 Å². The van der Waals surface area contributed by atoms with Crippen molar-refractivity contribution in [1.82, 2.24) is 14.3 Å². The molecule has 0 radical (unpaired) electrons. The lowest BCUT2D eigenvalue weighted by Gasteiger charge is -2.36. The van der Waals surface area contributed by atoms with E-state index in [9.17, 15) is 18.0 Å². The molecular formula is C23H26N4O5S3. The van der Waals surface area contributed by atoms with Gasteiger partial charge in [-0.25, -0.2) is 13.4 Å². The van der Waals surface area contributed by atoms with Gasteiger partial charge in [-0.2, -0.15) is 0 Å². The lowest BCUT2D eigenvalue weighted by molar-refractivity contribution is -0.123. The summed E-state index contributed by atoms with van der Waals surface area (Å²) in [6.45, 7) is 6.96. The number of pyridine rings is 1. The Bertz CT molecular complexity index is 1420. The molecule has 0 saturated carbocycles. The van der Waals surface area contributed by atoms with Gasteiger partial charge in [-0.15, -0.1) is 0 Å². The Hall–Kier alpha value is -2.28. The second-order valence-electron chi connectivity index (χ2n) is 9.31. The zero-order chi connectivity index (χ0) is 25.1. The van der Waals surface area contributed by atoms with Gasteiger partial charge in [-0.1, -0.05) is 30.0 Å². The summed E-state index contributed by atoms with van der Waals surface area (Å²) >= 11 is 6.54. The van der Waals surface area contributed by atoms with Crippen LogP contribution in [0.3, 0.4) is 0 Å². The number of thiocarbonyl (C=S) groups is 1. The fourth-order valence-electron chi connectivity index (χ4n) is 4.92. The maximum atomic E-state index is 13.7. The van der Waals surface area contributed by atoms with Crippen LogP contribution in [0.1, 0.15) is 31.4 Å². The normalized spacial score (nSPS) is 28.0. The summed E-state index contributed by atoms with van der Waals surface area (Å²) in [5.74, 6) is 0.0761. The van der Waals surface area contributed by atoms with Crippen molar-refractivity contribution in [3.8, 4) is 0 Å². The predicted molar refractivity (Wildman–Crippen MR) is 140 cm³/mol. The molecule has 3 aliphatic rings. The molecule has 3 fully saturated rings. The Morgan fingerprint density at radius 3 is 2.60 bits per heavy atom. The van der Waals surface area contributed by atoms with Crippen LogP contribution in [0.4, 0.5) is 5.82 Å². The fourth-order valence-corrected chi connectivity index (χ4v) is 8.01. The largest absolute Gasteiger partial charge is 0.372 e. The number of nitrogens with zero attached hydrogens (tertiary/aromatic N) is 4. The van der Waals surface area contributed by atoms with Gasteiger partial charge in [0.05, 0.1) is 40.2 Å². The van der Waals surface area contributed by atoms with Gasteiger partial charge in [0.25, 0.3) is 11.5 Å². The third-order valence-electron chi connectivity index (χ3n) is 6.46. The van der Waals surface area contributed by atoms with E-state index >= 15 is 0 Å². The maximum Gasteiger partial charge on any atom is 0.267 e. The molecule has 2 aromatic rings. The van der Waals surface area contributed by atoms with Crippen LogP contribution in [0.2, 0.25) is 0 Å². The second kappa shape index (κ2) is 8.99. The van der Waals surface area contributed by atoms with Crippen molar-refractivity contribution < 1.29 is 17.9 Å². The summed E-state index contributed by atoms with van der Waals surface area (Å²) in [6, 6.07) is 3.21. The molecule has 3 saturated heterocycles. The van der Waals surface area contributed by atoms with E-state index in [2.05, 4.69) is 0 Å². The van der Waals surface area contributed by atoms with Crippen LogP contribution in [0.15, 0.2) is 28.0 Å². The average Bonchev–Trinajstić information content (AvgIpc) is 3.26. The summed E-state index contributed by atoms with van der Waals surface area (Å²) < 4.78 is 31.6. The summed E-state index contributed by atoms with van der Waals surface area (Å²) in [6.07, 6.45) is 3.49.